The number of carbonyl (C=O) groups is 3. The van der Waals surface area contributed by atoms with E-state index in [9.17, 15) is 28.3 Å². The number of aliphatic carboxylic acids is 1. The Morgan fingerprint density at radius 1 is 1.26 bits per heavy atom. The van der Waals surface area contributed by atoms with Crippen molar-refractivity contribution in [1.82, 2.24) is 15.2 Å². The Hall–Kier alpha value is -3.02. The van der Waals surface area contributed by atoms with Gasteiger partial charge in [-0.05, 0) is 36.2 Å². The van der Waals surface area contributed by atoms with E-state index in [1.165, 1.54) is 18.2 Å². The lowest BCUT2D eigenvalue weighted by atomic mass is 9.85. The molecule has 0 saturated carbocycles. The molecule has 1 aromatic carbocycles. The lowest BCUT2D eigenvalue weighted by molar-refractivity contribution is -0.153. The highest BCUT2D eigenvalue weighted by molar-refractivity contribution is 6.42. The van der Waals surface area contributed by atoms with Gasteiger partial charge in [0.1, 0.15) is 11.9 Å². The number of hydrogen-bond acceptors (Lipinski definition) is 6. The molecule has 1 aliphatic heterocycles. The maximum absolute atomic E-state index is 14.4. The number of amides is 2. The van der Waals surface area contributed by atoms with E-state index in [0.29, 0.717) is 16.2 Å². The number of nitrogens with one attached hydrogen (secondary N) is 1. The summed E-state index contributed by atoms with van der Waals surface area (Å²) < 4.78 is 28.8. The zero-order valence-electron chi connectivity index (χ0n) is 17.8. The summed E-state index contributed by atoms with van der Waals surface area (Å²) in [5.74, 6) is -7.37. The molecule has 6 N–H and O–H groups in total. The number of hydrogen-bond donors (Lipinski definition) is 4. The van der Waals surface area contributed by atoms with Gasteiger partial charge in [-0.1, -0.05) is 35.3 Å². The number of carbonyl (C=O) groups excluding carboxylic acids is 2. The maximum Gasteiger partial charge on any atom is 0.321 e. The van der Waals surface area contributed by atoms with E-state index in [2.05, 4.69) is 10.3 Å². The van der Waals surface area contributed by atoms with Crippen LogP contribution in [0.3, 0.4) is 0 Å². The Kier molecular flexibility index (Phi) is 7.02. The van der Waals surface area contributed by atoms with Crippen LogP contribution in [0.2, 0.25) is 10.0 Å². The number of nitrogen functional groups attached to an aromatic ring is 1. The number of halogens is 4. The molecule has 13 heteroatoms. The van der Waals surface area contributed by atoms with Gasteiger partial charge in [-0.2, -0.15) is 0 Å². The van der Waals surface area contributed by atoms with Gasteiger partial charge in [-0.3, -0.25) is 19.3 Å². The van der Waals surface area contributed by atoms with Crippen molar-refractivity contribution in [1.29, 1.82) is 0 Å². The normalized spacial score (nSPS) is 19.4. The zero-order chi connectivity index (χ0) is 25.4. The molecule has 0 bridgehead atoms. The fourth-order valence-electron chi connectivity index (χ4n) is 4.03. The molecular formula is C21H21Cl2F2N5O4. The van der Waals surface area contributed by atoms with Gasteiger partial charge < -0.3 is 21.9 Å². The van der Waals surface area contributed by atoms with Gasteiger partial charge in [0.25, 0.3) is 17.7 Å². The lowest BCUT2D eigenvalue weighted by Gasteiger charge is -2.40. The number of rotatable bonds is 7. The molecule has 1 fully saturated rings. The van der Waals surface area contributed by atoms with Crippen LogP contribution in [0.1, 0.15) is 23.2 Å². The minimum absolute atomic E-state index is 0.0642. The third kappa shape index (κ3) is 4.63. The van der Waals surface area contributed by atoms with E-state index in [1.807, 2.05) is 0 Å². The summed E-state index contributed by atoms with van der Waals surface area (Å²) in [5, 5.41) is 12.1. The summed E-state index contributed by atoms with van der Waals surface area (Å²) in [4.78, 5) is 43.1. The van der Waals surface area contributed by atoms with Crippen LogP contribution in [0, 0.1) is 6.92 Å². The van der Waals surface area contributed by atoms with Crippen molar-refractivity contribution >= 4 is 46.8 Å². The van der Waals surface area contributed by atoms with Gasteiger partial charge in [0.15, 0.2) is 0 Å². The SMILES string of the molecule is Cc1nc(N)ccc1CNC(=O)[C@@](C(N)=O)(c1ccc(Cl)c(Cl)c1)N1CC(F)(F)C[C@@H]1C(=O)O. The molecule has 2 heterocycles. The largest absolute Gasteiger partial charge is 0.480 e. The van der Waals surface area contributed by atoms with Crippen molar-refractivity contribution in [3.8, 4) is 0 Å². The first kappa shape index (κ1) is 25.6. The predicted octanol–water partition coefficient (Wildman–Crippen LogP) is 2.07. The van der Waals surface area contributed by atoms with E-state index in [4.69, 9.17) is 34.7 Å². The van der Waals surface area contributed by atoms with Crippen LogP contribution in [0.5, 0.6) is 0 Å². The minimum atomic E-state index is -3.50. The number of primary amides is 1. The van der Waals surface area contributed by atoms with E-state index in [-0.39, 0.29) is 28.0 Å². The smallest absolute Gasteiger partial charge is 0.321 e. The van der Waals surface area contributed by atoms with E-state index in [1.54, 1.807) is 13.0 Å². The van der Waals surface area contributed by atoms with Crippen LogP contribution < -0.4 is 16.8 Å². The first-order valence-corrected chi connectivity index (χ1v) is 10.7. The van der Waals surface area contributed by atoms with Gasteiger partial charge in [0.05, 0.1) is 16.6 Å². The van der Waals surface area contributed by atoms with E-state index in [0.717, 1.165) is 6.07 Å². The zero-order valence-corrected chi connectivity index (χ0v) is 19.3. The summed E-state index contributed by atoms with van der Waals surface area (Å²) in [7, 11) is 0. The molecule has 182 valence electrons. The van der Waals surface area contributed by atoms with Crippen LogP contribution in [-0.2, 0) is 26.5 Å². The van der Waals surface area contributed by atoms with Gasteiger partial charge in [-0.15, -0.1) is 0 Å². The summed E-state index contributed by atoms with van der Waals surface area (Å²) in [6.07, 6.45) is -1.12. The van der Waals surface area contributed by atoms with Gasteiger partial charge >= 0.3 is 5.97 Å². The number of anilines is 1. The first-order valence-electron chi connectivity index (χ1n) is 9.92. The van der Waals surface area contributed by atoms with E-state index >= 15 is 0 Å². The molecule has 0 radical (unpaired) electrons. The molecule has 9 nitrogen and oxygen atoms in total. The highest BCUT2D eigenvalue weighted by Crippen LogP contribution is 2.42. The Morgan fingerprint density at radius 2 is 1.94 bits per heavy atom. The van der Waals surface area contributed by atoms with E-state index < -0.39 is 48.3 Å². The number of carboxylic acids is 1. The van der Waals surface area contributed by atoms with Crippen molar-refractivity contribution in [2.75, 3.05) is 12.3 Å². The molecule has 0 spiro atoms. The highest BCUT2D eigenvalue weighted by Gasteiger charge is 2.62. The lowest BCUT2D eigenvalue weighted by Crippen LogP contribution is -2.65. The average molecular weight is 516 g/mol. The van der Waals surface area contributed by atoms with Crippen molar-refractivity contribution in [3.05, 3.63) is 57.2 Å². The van der Waals surface area contributed by atoms with Crippen LogP contribution in [-0.4, -0.2) is 51.3 Å². The summed E-state index contributed by atoms with van der Waals surface area (Å²) in [6, 6.07) is 4.79. The fourth-order valence-corrected chi connectivity index (χ4v) is 4.33. The quantitative estimate of drug-likeness (QED) is 0.411. The van der Waals surface area contributed by atoms with Crippen molar-refractivity contribution < 1.29 is 28.3 Å². The molecule has 1 aliphatic rings. The number of nitrogens with zero attached hydrogens (tertiary/aromatic N) is 2. The second kappa shape index (κ2) is 9.32. The molecule has 3 rings (SSSR count). The molecular weight excluding hydrogens is 495 g/mol. The van der Waals surface area contributed by atoms with Gasteiger partial charge in [0.2, 0.25) is 5.54 Å². The number of likely N-dealkylation sites (tertiary alicyclic amines) is 1. The van der Waals surface area contributed by atoms with Gasteiger partial charge in [-0.25, -0.2) is 13.8 Å². The third-order valence-electron chi connectivity index (χ3n) is 5.66. The molecule has 1 saturated heterocycles. The molecule has 1 aromatic heterocycles. The second-order valence-electron chi connectivity index (χ2n) is 7.91. The number of carboxylic acid groups (broad SMARTS) is 1. The Morgan fingerprint density at radius 3 is 2.50 bits per heavy atom. The van der Waals surface area contributed by atoms with Crippen LogP contribution in [0.4, 0.5) is 14.6 Å². The molecule has 2 amide bonds. The number of aromatic nitrogens is 1. The summed E-state index contributed by atoms with van der Waals surface area (Å²) in [5.41, 5.74) is 9.46. The van der Waals surface area contributed by atoms with Crippen molar-refractivity contribution in [3.63, 3.8) is 0 Å². The fraction of sp³-hybridized carbons (Fsp3) is 0.333. The average Bonchev–Trinajstić information content (AvgIpc) is 3.06. The van der Waals surface area contributed by atoms with Crippen LogP contribution in [0.25, 0.3) is 0 Å². The minimum Gasteiger partial charge on any atom is -0.480 e. The van der Waals surface area contributed by atoms with Crippen LogP contribution in [0.15, 0.2) is 30.3 Å². The first-order chi connectivity index (χ1) is 15.8. The molecule has 0 aliphatic carbocycles. The topological polar surface area (TPSA) is 152 Å². The predicted molar refractivity (Wildman–Crippen MR) is 120 cm³/mol. The number of nitrogens with two attached hydrogens (primary N) is 2. The van der Waals surface area contributed by atoms with Crippen molar-refractivity contribution in [2.45, 2.75) is 37.4 Å². The third-order valence-corrected chi connectivity index (χ3v) is 6.40. The standard InChI is InChI=1S/C21H21Cl2F2N5O4/c1-10-11(2-5-16(26)29-10)8-28-19(34)21(18(27)33,12-3-4-13(22)14(23)6-12)30-9-20(24,25)7-15(30)17(31)32/h2-6,15H,7-9H2,1H3,(H2,26,29)(H2,27,33)(H,28,34)(H,31,32)/t15-,21+/m1/s1. The van der Waals surface area contributed by atoms with Crippen LogP contribution >= 0.6 is 23.2 Å². The van der Waals surface area contributed by atoms with Crippen molar-refractivity contribution in [2.24, 2.45) is 5.73 Å². The highest BCUT2D eigenvalue weighted by atomic mass is 35.5. The summed E-state index contributed by atoms with van der Waals surface area (Å²) >= 11 is 12.0. The number of pyridine rings is 1. The Bertz CT molecular complexity index is 1170. The maximum atomic E-state index is 14.4. The van der Waals surface area contributed by atoms with Gasteiger partial charge in [0, 0.05) is 18.7 Å². The number of benzene rings is 1. The number of alkyl halides is 2. The summed E-state index contributed by atoms with van der Waals surface area (Å²) in [6.45, 7) is 0.263. The second-order valence-corrected chi connectivity index (χ2v) is 8.72. The molecule has 2 atom stereocenters. The molecule has 34 heavy (non-hydrogen) atoms. The monoisotopic (exact) mass is 515 g/mol. The molecule has 2 aromatic rings. The Balaban J connectivity index is 2.15. The Labute approximate surface area is 203 Å². The molecule has 0 unspecified atom stereocenters. The number of aryl methyl sites for hydroxylation is 1.